The first kappa shape index (κ1) is 12.9. The quantitative estimate of drug-likeness (QED) is 0.826. The number of carbonyl (C=O) groups excluding carboxylic acids is 1. The van der Waals surface area contributed by atoms with Crippen LogP contribution in [0.1, 0.15) is 31.4 Å². The molecule has 1 fully saturated rings. The largest absolute Gasteiger partial charge is 0.465 e. The van der Waals surface area contributed by atoms with Crippen molar-refractivity contribution in [3.8, 4) is 0 Å². The average Bonchev–Trinajstić information content (AvgIpc) is 2.92. The van der Waals surface area contributed by atoms with Crippen molar-refractivity contribution >= 4 is 11.7 Å². The van der Waals surface area contributed by atoms with Crippen molar-refractivity contribution in [2.75, 3.05) is 24.6 Å². The maximum atomic E-state index is 11.5. The van der Waals surface area contributed by atoms with E-state index in [-0.39, 0.29) is 5.97 Å². The third kappa shape index (κ3) is 2.82. The molecule has 1 aromatic carbocycles. The van der Waals surface area contributed by atoms with Gasteiger partial charge in [-0.25, -0.2) is 4.79 Å². The first-order chi connectivity index (χ1) is 8.72. The molecular weight excluding hydrogens is 228 g/mol. The first-order valence-electron chi connectivity index (χ1n) is 6.49. The summed E-state index contributed by atoms with van der Waals surface area (Å²) in [4.78, 5) is 13.9. The van der Waals surface area contributed by atoms with Crippen molar-refractivity contribution in [1.29, 1.82) is 0 Å². The molecule has 2 N–H and O–H groups in total. The fraction of sp³-hybridized carbons (Fsp3) is 0.500. The Labute approximate surface area is 108 Å². The molecule has 1 heterocycles. The summed E-state index contributed by atoms with van der Waals surface area (Å²) < 4.78 is 4.91. The van der Waals surface area contributed by atoms with Gasteiger partial charge in [-0.2, -0.15) is 0 Å². The third-order valence-electron chi connectivity index (χ3n) is 3.26. The number of benzene rings is 1. The molecule has 0 spiro atoms. The Kier molecular flexibility index (Phi) is 4.20. The zero-order valence-electron chi connectivity index (χ0n) is 10.8. The predicted molar refractivity (Wildman–Crippen MR) is 71.5 cm³/mol. The number of esters is 1. The molecule has 0 saturated carbocycles. The van der Waals surface area contributed by atoms with Crippen molar-refractivity contribution in [2.24, 2.45) is 5.73 Å². The van der Waals surface area contributed by atoms with E-state index in [2.05, 4.69) is 4.90 Å². The fourth-order valence-electron chi connectivity index (χ4n) is 2.24. The summed E-state index contributed by atoms with van der Waals surface area (Å²) in [6, 6.07) is 7.20. The highest BCUT2D eigenvalue weighted by molar-refractivity contribution is 5.77. The Morgan fingerprint density at radius 2 is 1.94 bits per heavy atom. The summed E-state index contributed by atoms with van der Waals surface area (Å²) in [5.41, 5.74) is 7.84. The minimum atomic E-state index is -0.683. The molecule has 4 nitrogen and oxygen atoms in total. The van der Waals surface area contributed by atoms with E-state index in [1.54, 1.807) is 6.92 Å². The van der Waals surface area contributed by atoms with E-state index in [1.165, 1.54) is 18.5 Å². The molecule has 1 atom stereocenters. The zero-order chi connectivity index (χ0) is 13.0. The van der Waals surface area contributed by atoms with Crippen molar-refractivity contribution in [3.63, 3.8) is 0 Å². The lowest BCUT2D eigenvalue weighted by Crippen LogP contribution is -2.24. The number of nitrogens with zero attached hydrogens (tertiary/aromatic N) is 1. The second-order valence-corrected chi connectivity index (χ2v) is 4.52. The van der Waals surface area contributed by atoms with Crippen LogP contribution >= 0.6 is 0 Å². The smallest absolute Gasteiger partial charge is 0.327 e. The van der Waals surface area contributed by atoms with Gasteiger partial charge in [0.15, 0.2) is 0 Å². The Morgan fingerprint density at radius 3 is 2.50 bits per heavy atom. The van der Waals surface area contributed by atoms with E-state index >= 15 is 0 Å². The van der Waals surface area contributed by atoms with Gasteiger partial charge in [0.25, 0.3) is 0 Å². The van der Waals surface area contributed by atoms with Gasteiger partial charge >= 0.3 is 5.97 Å². The van der Waals surface area contributed by atoms with Gasteiger partial charge in [-0.05, 0) is 37.5 Å². The molecular formula is C14H20N2O2. The number of hydrogen-bond donors (Lipinski definition) is 1. The van der Waals surface area contributed by atoms with E-state index in [1.807, 2.05) is 24.3 Å². The molecule has 0 bridgehead atoms. The molecule has 1 aromatic rings. The molecule has 0 amide bonds. The Balaban J connectivity index is 2.04. The van der Waals surface area contributed by atoms with Crippen LogP contribution in [0.5, 0.6) is 0 Å². The molecule has 4 heteroatoms. The molecule has 18 heavy (non-hydrogen) atoms. The Hall–Kier alpha value is -1.55. The topological polar surface area (TPSA) is 55.6 Å². The highest BCUT2D eigenvalue weighted by Gasteiger charge is 2.18. The number of anilines is 1. The van der Waals surface area contributed by atoms with Crippen LogP contribution in [0, 0.1) is 0 Å². The lowest BCUT2D eigenvalue weighted by Gasteiger charge is -2.18. The lowest BCUT2D eigenvalue weighted by atomic mass is 10.1. The van der Waals surface area contributed by atoms with E-state index < -0.39 is 6.04 Å². The van der Waals surface area contributed by atoms with Gasteiger partial charge in [-0.3, -0.25) is 0 Å². The van der Waals surface area contributed by atoms with Crippen molar-refractivity contribution in [3.05, 3.63) is 29.8 Å². The summed E-state index contributed by atoms with van der Waals surface area (Å²) in [6.45, 7) is 4.37. The predicted octanol–water partition coefficient (Wildman–Crippen LogP) is 1.85. The highest BCUT2D eigenvalue weighted by atomic mass is 16.5. The number of hydrogen-bond acceptors (Lipinski definition) is 4. The summed E-state index contributed by atoms with van der Waals surface area (Å²) >= 11 is 0. The van der Waals surface area contributed by atoms with Gasteiger partial charge in [-0.15, -0.1) is 0 Å². The molecule has 0 aromatic heterocycles. The van der Waals surface area contributed by atoms with Gasteiger partial charge in [0.2, 0.25) is 0 Å². The standard InChI is InChI=1S/C14H20N2O2/c1-2-18-14(17)13(15)11-5-7-12(8-6-11)16-9-3-4-10-16/h5-8,13H,2-4,9-10,15H2,1H3. The molecule has 1 saturated heterocycles. The minimum Gasteiger partial charge on any atom is -0.465 e. The van der Waals surface area contributed by atoms with Crippen molar-refractivity contribution < 1.29 is 9.53 Å². The number of nitrogens with two attached hydrogens (primary N) is 1. The number of ether oxygens (including phenoxy) is 1. The van der Waals surface area contributed by atoms with E-state index in [0.717, 1.165) is 18.7 Å². The number of rotatable bonds is 4. The van der Waals surface area contributed by atoms with Crippen LogP contribution in [-0.2, 0) is 9.53 Å². The first-order valence-corrected chi connectivity index (χ1v) is 6.49. The van der Waals surface area contributed by atoms with E-state index in [0.29, 0.717) is 6.61 Å². The maximum Gasteiger partial charge on any atom is 0.327 e. The second-order valence-electron chi connectivity index (χ2n) is 4.52. The lowest BCUT2D eigenvalue weighted by molar-refractivity contribution is -0.144. The molecule has 1 unspecified atom stereocenters. The van der Waals surface area contributed by atoms with Gasteiger partial charge in [-0.1, -0.05) is 12.1 Å². The minimum absolute atomic E-state index is 0.360. The Morgan fingerprint density at radius 1 is 1.33 bits per heavy atom. The molecule has 0 radical (unpaired) electrons. The van der Waals surface area contributed by atoms with Crippen LogP contribution in [0.25, 0.3) is 0 Å². The zero-order valence-corrected chi connectivity index (χ0v) is 10.8. The molecule has 2 rings (SSSR count). The second kappa shape index (κ2) is 5.87. The van der Waals surface area contributed by atoms with Crippen molar-refractivity contribution in [1.82, 2.24) is 0 Å². The average molecular weight is 248 g/mol. The normalized spacial score (nSPS) is 16.7. The van der Waals surface area contributed by atoms with Crippen LogP contribution in [0.2, 0.25) is 0 Å². The van der Waals surface area contributed by atoms with Crippen molar-refractivity contribution in [2.45, 2.75) is 25.8 Å². The van der Waals surface area contributed by atoms with Gasteiger partial charge in [0, 0.05) is 18.8 Å². The monoisotopic (exact) mass is 248 g/mol. The molecule has 1 aliphatic heterocycles. The van der Waals surface area contributed by atoms with Crippen LogP contribution < -0.4 is 10.6 Å². The SMILES string of the molecule is CCOC(=O)C(N)c1ccc(N2CCCC2)cc1. The molecule has 0 aliphatic carbocycles. The van der Waals surface area contributed by atoms with Crippen LogP contribution in [-0.4, -0.2) is 25.7 Å². The highest BCUT2D eigenvalue weighted by Crippen LogP contribution is 2.22. The molecule has 1 aliphatic rings. The Bertz CT molecular complexity index is 397. The number of carbonyl (C=O) groups is 1. The summed E-state index contributed by atoms with van der Waals surface area (Å²) in [6.07, 6.45) is 2.51. The van der Waals surface area contributed by atoms with Gasteiger partial charge < -0.3 is 15.4 Å². The fourth-order valence-corrected chi connectivity index (χ4v) is 2.24. The molecule has 98 valence electrons. The van der Waals surface area contributed by atoms with E-state index in [4.69, 9.17) is 10.5 Å². The summed E-state index contributed by atoms with van der Waals surface area (Å²) in [7, 11) is 0. The van der Waals surface area contributed by atoms with Crippen LogP contribution in [0.15, 0.2) is 24.3 Å². The summed E-state index contributed by atoms with van der Waals surface area (Å²) in [5.74, 6) is -0.369. The van der Waals surface area contributed by atoms with Gasteiger partial charge in [0.05, 0.1) is 6.61 Å². The summed E-state index contributed by atoms with van der Waals surface area (Å²) in [5, 5.41) is 0. The van der Waals surface area contributed by atoms with Crippen LogP contribution in [0.4, 0.5) is 5.69 Å². The maximum absolute atomic E-state index is 11.5. The van der Waals surface area contributed by atoms with Gasteiger partial charge in [0.1, 0.15) is 6.04 Å². The third-order valence-corrected chi connectivity index (χ3v) is 3.26. The van der Waals surface area contributed by atoms with E-state index in [9.17, 15) is 4.79 Å². The van der Waals surface area contributed by atoms with Crippen LogP contribution in [0.3, 0.4) is 0 Å².